The Kier molecular flexibility index (Phi) is 5.51. The second-order valence-corrected chi connectivity index (χ2v) is 10.0. The van der Waals surface area contributed by atoms with Crippen LogP contribution in [-0.4, -0.2) is 34.7 Å². The predicted octanol–water partition coefficient (Wildman–Crippen LogP) is 5.18. The van der Waals surface area contributed by atoms with Crippen LogP contribution in [-0.2, 0) is 9.53 Å². The van der Waals surface area contributed by atoms with Crippen LogP contribution in [0.1, 0.15) is 63.2 Å². The van der Waals surface area contributed by atoms with Crippen LogP contribution < -0.4 is 4.74 Å². The van der Waals surface area contributed by atoms with Gasteiger partial charge in [-0.3, -0.25) is 0 Å². The number of hydrogen-bond acceptors (Lipinski definition) is 4. The molecule has 170 valence electrons. The molecule has 1 N–H and O–H groups in total. The average molecular weight is 436 g/mol. The maximum absolute atomic E-state index is 13.9. The van der Waals surface area contributed by atoms with Crippen molar-refractivity contribution in [1.29, 1.82) is 0 Å². The molecule has 0 amide bonds. The quantitative estimate of drug-likeness (QED) is 0.596. The van der Waals surface area contributed by atoms with E-state index in [0.29, 0.717) is 11.7 Å². The Morgan fingerprint density at radius 1 is 1.16 bits per heavy atom. The summed E-state index contributed by atoms with van der Waals surface area (Å²) >= 11 is 0. The van der Waals surface area contributed by atoms with Gasteiger partial charge < -0.3 is 14.6 Å². The van der Waals surface area contributed by atoms with Crippen molar-refractivity contribution < 1.29 is 33.0 Å². The molecule has 31 heavy (non-hydrogen) atoms. The number of benzene rings is 1. The maximum atomic E-state index is 13.9. The molecule has 6 atom stereocenters. The SMILES string of the molecule is CC(C)C(OC(=O)c1ccc(OC2(C)CC3CC2C2CCCC32)cc1)C(F)(F)C(=O)O. The number of carboxylic acid groups (broad SMARTS) is 1. The van der Waals surface area contributed by atoms with Gasteiger partial charge in [0.25, 0.3) is 0 Å². The highest BCUT2D eigenvalue weighted by molar-refractivity contribution is 5.90. The molecular formula is C24H30F2O5. The number of carboxylic acids is 1. The van der Waals surface area contributed by atoms with Crippen LogP contribution in [0, 0.1) is 29.6 Å². The van der Waals surface area contributed by atoms with E-state index in [1.54, 1.807) is 12.1 Å². The highest BCUT2D eigenvalue weighted by Crippen LogP contribution is 2.63. The zero-order valence-electron chi connectivity index (χ0n) is 18.1. The van der Waals surface area contributed by atoms with Crippen LogP contribution in [0.25, 0.3) is 0 Å². The number of ether oxygens (including phenoxy) is 2. The van der Waals surface area contributed by atoms with Gasteiger partial charge in [-0.15, -0.1) is 0 Å². The predicted molar refractivity (Wildman–Crippen MR) is 109 cm³/mol. The standard InChI is InChI=1S/C24H30F2O5/c1-13(2)20(24(25,26)22(28)29)30-21(27)14-7-9-16(10-8-14)31-23(3)12-15-11-19(23)18-6-4-5-17(15)18/h7-10,13,15,17-20H,4-6,11-12H2,1-3H3,(H,28,29). The van der Waals surface area contributed by atoms with E-state index in [0.717, 1.165) is 24.2 Å². The molecule has 0 saturated heterocycles. The van der Waals surface area contributed by atoms with Gasteiger partial charge in [-0.05, 0) is 80.5 Å². The van der Waals surface area contributed by atoms with Gasteiger partial charge in [0.2, 0.25) is 0 Å². The number of fused-ring (bicyclic) bond motifs is 5. The van der Waals surface area contributed by atoms with E-state index in [9.17, 15) is 18.4 Å². The van der Waals surface area contributed by atoms with Crippen molar-refractivity contribution in [3.63, 3.8) is 0 Å². The van der Waals surface area contributed by atoms with Crippen molar-refractivity contribution in [2.45, 2.75) is 70.5 Å². The third kappa shape index (κ3) is 3.80. The summed E-state index contributed by atoms with van der Waals surface area (Å²) in [6.07, 6.45) is 4.16. The minimum absolute atomic E-state index is 0.0770. The van der Waals surface area contributed by atoms with Gasteiger partial charge in [-0.25, -0.2) is 9.59 Å². The highest BCUT2D eigenvalue weighted by atomic mass is 19.3. The fraction of sp³-hybridized carbons (Fsp3) is 0.667. The van der Waals surface area contributed by atoms with Crippen molar-refractivity contribution in [2.75, 3.05) is 0 Å². The van der Waals surface area contributed by atoms with E-state index in [4.69, 9.17) is 14.6 Å². The molecule has 1 aromatic carbocycles. The number of aliphatic carboxylic acids is 1. The number of alkyl halides is 2. The first-order valence-electron chi connectivity index (χ1n) is 11.1. The molecule has 2 bridgehead atoms. The Hall–Kier alpha value is -2.18. The van der Waals surface area contributed by atoms with Crippen LogP contribution in [0.4, 0.5) is 8.78 Å². The summed E-state index contributed by atoms with van der Waals surface area (Å²) in [5.41, 5.74) is -0.141. The molecule has 0 radical (unpaired) electrons. The summed E-state index contributed by atoms with van der Waals surface area (Å²) in [5, 5.41) is 8.78. The van der Waals surface area contributed by atoms with Gasteiger partial charge in [-0.2, -0.15) is 8.78 Å². The monoisotopic (exact) mass is 436 g/mol. The van der Waals surface area contributed by atoms with Crippen LogP contribution in [0.2, 0.25) is 0 Å². The molecule has 3 saturated carbocycles. The number of carbonyl (C=O) groups is 2. The second kappa shape index (κ2) is 7.75. The molecular weight excluding hydrogens is 406 g/mol. The molecule has 0 aromatic heterocycles. The lowest BCUT2D eigenvalue weighted by molar-refractivity contribution is -0.187. The minimum Gasteiger partial charge on any atom is -0.487 e. The molecule has 0 spiro atoms. The first-order valence-corrected chi connectivity index (χ1v) is 11.1. The van der Waals surface area contributed by atoms with E-state index in [1.807, 2.05) is 0 Å². The Balaban J connectivity index is 1.42. The van der Waals surface area contributed by atoms with Gasteiger partial charge in [0, 0.05) is 5.92 Å². The Labute approximate surface area is 181 Å². The number of halogens is 2. The maximum Gasteiger partial charge on any atom is 0.378 e. The second-order valence-electron chi connectivity index (χ2n) is 10.0. The van der Waals surface area contributed by atoms with Crippen molar-refractivity contribution in [2.24, 2.45) is 29.6 Å². The first-order chi connectivity index (χ1) is 14.5. The van der Waals surface area contributed by atoms with Gasteiger partial charge in [0.05, 0.1) is 5.56 Å². The Bertz CT molecular complexity index is 852. The normalized spacial score (nSPS) is 32.7. The van der Waals surface area contributed by atoms with Crippen molar-refractivity contribution in [1.82, 2.24) is 0 Å². The van der Waals surface area contributed by atoms with E-state index in [1.165, 1.54) is 51.7 Å². The largest absolute Gasteiger partial charge is 0.487 e. The van der Waals surface area contributed by atoms with Crippen LogP contribution in [0.15, 0.2) is 24.3 Å². The molecule has 0 aliphatic heterocycles. The van der Waals surface area contributed by atoms with Gasteiger partial charge >= 0.3 is 17.9 Å². The lowest BCUT2D eigenvalue weighted by atomic mass is 9.73. The zero-order chi connectivity index (χ0) is 22.6. The van der Waals surface area contributed by atoms with Gasteiger partial charge in [0.1, 0.15) is 11.4 Å². The number of esters is 1. The lowest BCUT2D eigenvalue weighted by Crippen LogP contribution is -2.47. The molecule has 5 nitrogen and oxygen atoms in total. The fourth-order valence-corrected chi connectivity index (χ4v) is 6.37. The van der Waals surface area contributed by atoms with E-state index < -0.39 is 29.9 Å². The summed E-state index contributed by atoms with van der Waals surface area (Å²) in [6, 6.07) is 6.26. The third-order valence-corrected chi connectivity index (χ3v) is 7.68. The number of carbonyl (C=O) groups excluding carboxylic acids is 1. The summed E-state index contributed by atoms with van der Waals surface area (Å²) in [4.78, 5) is 23.3. The summed E-state index contributed by atoms with van der Waals surface area (Å²) in [5.74, 6) is -4.79. The summed E-state index contributed by atoms with van der Waals surface area (Å²) in [7, 11) is 0. The summed E-state index contributed by atoms with van der Waals surface area (Å²) < 4.78 is 39.2. The zero-order valence-corrected chi connectivity index (χ0v) is 18.1. The highest BCUT2D eigenvalue weighted by Gasteiger charge is 2.60. The molecule has 4 rings (SSSR count). The number of rotatable bonds is 7. The Morgan fingerprint density at radius 3 is 2.42 bits per heavy atom. The van der Waals surface area contributed by atoms with Crippen LogP contribution in [0.3, 0.4) is 0 Å². The topological polar surface area (TPSA) is 72.8 Å². The van der Waals surface area contributed by atoms with Crippen LogP contribution >= 0.6 is 0 Å². The Morgan fingerprint density at radius 2 is 1.81 bits per heavy atom. The number of hydrogen-bond donors (Lipinski definition) is 1. The minimum atomic E-state index is -4.17. The average Bonchev–Trinajstić information content (AvgIpc) is 3.38. The smallest absolute Gasteiger partial charge is 0.378 e. The van der Waals surface area contributed by atoms with Crippen molar-refractivity contribution in [3.8, 4) is 5.75 Å². The van der Waals surface area contributed by atoms with E-state index in [-0.39, 0.29) is 11.2 Å². The van der Waals surface area contributed by atoms with E-state index >= 15 is 0 Å². The van der Waals surface area contributed by atoms with Crippen molar-refractivity contribution >= 4 is 11.9 Å². The fourth-order valence-electron chi connectivity index (χ4n) is 6.37. The molecule has 3 fully saturated rings. The van der Waals surface area contributed by atoms with E-state index in [2.05, 4.69) is 6.92 Å². The van der Waals surface area contributed by atoms with Gasteiger partial charge in [-0.1, -0.05) is 20.3 Å². The van der Waals surface area contributed by atoms with Gasteiger partial charge in [0.15, 0.2) is 6.10 Å². The third-order valence-electron chi connectivity index (χ3n) is 7.68. The molecule has 1 aromatic rings. The molecule has 7 heteroatoms. The molecule has 6 unspecified atom stereocenters. The molecule has 3 aliphatic rings. The molecule has 3 aliphatic carbocycles. The van der Waals surface area contributed by atoms with Crippen LogP contribution in [0.5, 0.6) is 5.75 Å². The molecule has 0 heterocycles. The van der Waals surface area contributed by atoms with Crippen molar-refractivity contribution in [3.05, 3.63) is 29.8 Å². The lowest BCUT2D eigenvalue weighted by Gasteiger charge is -2.40. The first kappa shape index (κ1) is 22.0. The summed E-state index contributed by atoms with van der Waals surface area (Å²) in [6.45, 7) is 4.95.